The largest absolute Gasteiger partial charge is 0.481 e. The van der Waals surface area contributed by atoms with E-state index in [1.165, 1.54) is 6.92 Å². The molecule has 0 saturated carbocycles. The molecule has 1 rings (SSSR count). The van der Waals surface area contributed by atoms with Crippen molar-refractivity contribution in [2.75, 3.05) is 11.9 Å². The van der Waals surface area contributed by atoms with Gasteiger partial charge in [0.15, 0.2) is 12.0 Å². The number of benzene rings is 1. The van der Waals surface area contributed by atoms with Crippen molar-refractivity contribution in [2.45, 2.75) is 33.5 Å². The van der Waals surface area contributed by atoms with Gasteiger partial charge in [-0.25, -0.2) is 0 Å². The molecule has 24 heavy (non-hydrogen) atoms. The second kappa shape index (κ2) is 10.3. The van der Waals surface area contributed by atoms with Crippen LogP contribution in [0.1, 0.15) is 27.2 Å². The van der Waals surface area contributed by atoms with E-state index in [1.807, 2.05) is 6.07 Å². The second-order valence-electron chi connectivity index (χ2n) is 5.00. The first-order chi connectivity index (χ1) is 11.2. The van der Waals surface area contributed by atoms with Crippen LogP contribution in [0, 0.1) is 16.6 Å². The standard InChI is InChI=1S/C15H18I3NO5/c1-4-9(15(21)22)6-23-8(3)24-14-11(17)5-10(16)13(12(14)18)19-7(2)20/h5,8-9H,4,6H2,1-3H3,(H,19,20)(H,21,22). The van der Waals surface area contributed by atoms with Gasteiger partial charge in [0.1, 0.15) is 0 Å². The van der Waals surface area contributed by atoms with Gasteiger partial charge in [0.25, 0.3) is 0 Å². The molecule has 6 nitrogen and oxygen atoms in total. The molecule has 2 unspecified atom stereocenters. The average Bonchev–Trinajstić information content (AvgIpc) is 2.48. The molecule has 1 aromatic carbocycles. The minimum absolute atomic E-state index is 0.0864. The van der Waals surface area contributed by atoms with Crippen LogP contribution >= 0.6 is 67.8 Å². The molecule has 0 aliphatic carbocycles. The van der Waals surface area contributed by atoms with Gasteiger partial charge in [-0.1, -0.05) is 6.92 Å². The van der Waals surface area contributed by atoms with Gasteiger partial charge in [-0.3, -0.25) is 9.59 Å². The van der Waals surface area contributed by atoms with Gasteiger partial charge in [0.2, 0.25) is 5.91 Å². The molecule has 0 saturated heterocycles. The van der Waals surface area contributed by atoms with E-state index < -0.39 is 18.2 Å². The van der Waals surface area contributed by atoms with Crippen molar-refractivity contribution >= 4 is 85.3 Å². The third-order valence-electron chi connectivity index (χ3n) is 3.09. The molecule has 0 aliphatic heterocycles. The zero-order valence-electron chi connectivity index (χ0n) is 13.4. The third kappa shape index (κ3) is 6.44. The Hall–Kier alpha value is 0.110. The van der Waals surface area contributed by atoms with Crippen LogP contribution in [0.3, 0.4) is 0 Å². The van der Waals surface area contributed by atoms with E-state index in [2.05, 4.69) is 73.1 Å². The van der Waals surface area contributed by atoms with E-state index in [-0.39, 0.29) is 12.5 Å². The Morgan fingerprint density at radius 2 is 1.92 bits per heavy atom. The lowest BCUT2D eigenvalue weighted by Gasteiger charge is -2.21. The van der Waals surface area contributed by atoms with Gasteiger partial charge < -0.3 is 19.9 Å². The Balaban J connectivity index is 2.90. The SMILES string of the molecule is CCC(COC(C)Oc1c(I)cc(I)c(NC(C)=O)c1I)C(=O)O. The molecule has 0 spiro atoms. The lowest BCUT2D eigenvalue weighted by molar-refractivity contribution is -0.148. The Morgan fingerprint density at radius 3 is 2.42 bits per heavy atom. The molecule has 0 aromatic heterocycles. The summed E-state index contributed by atoms with van der Waals surface area (Å²) < 4.78 is 13.9. The number of halogens is 3. The highest BCUT2D eigenvalue weighted by atomic mass is 127. The topological polar surface area (TPSA) is 84.9 Å². The molecule has 2 atom stereocenters. The maximum absolute atomic E-state index is 11.4. The lowest BCUT2D eigenvalue weighted by atomic mass is 10.1. The van der Waals surface area contributed by atoms with Crippen LogP contribution in [0.5, 0.6) is 5.75 Å². The zero-order chi connectivity index (χ0) is 18.4. The molecule has 134 valence electrons. The maximum atomic E-state index is 11.4. The van der Waals surface area contributed by atoms with Crippen LogP contribution in [-0.2, 0) is 14.3 Å². The number of amides is 1. The molecule has 0 bridgehead atoms. The fourth-order valence-corrected chi connectivity index (χ4v) is 5.68. The number of carbonyl (C=O) groups is 2. The Labute approximate surface area is 181 Å². The number of carbonyl (C=O) groups excluding carboxylic acids is 1. The monoisotopic (exact) mass is 673 g/mol. The summed E-state index contributed by atoms with van der Waals surface area (Å²) in [7, 11) is 0. The summed E-state index contributed by atoms with van der Waals surface area (Å²) in [5.74, 6) is -0.984. The molecule has 0 radical (unpaired) electrons. The van der Waals surface area contributed by atoms with E-state index in [0.29, 0.717) is 17.9 Å². The summed E-state index contributed by atoms with van der Waals surface area (Å²) in [5, 5.41) is 11.9. The van der Waals surface area contributed by atoms with Crippen LogP contribution < -0.4 is 10.1 Å². The summed E-state index contributed by atoms with van der Waals surface area (Å²) in [6.45, 7) is 5.06. The summed E-state index contributed by atoms with van der Waals surface area (Å²) >= 11 is 6.43. The van der Waals surface area contributed by atoms with Gasteiger partial charge in [0, 0.05) is 10.5 Å². The quantitative estimate of drug-likeness (QED) is 0.318. The van der Waals surface area contributed by atoms with Gasteiger partial charge in [-0.05, 0) is 87.2 Å². The first-order valence-electron chi connectivity index (χ1n) is 7.13. The molecule has 1 amide bonds. The van der Waals surface area contributed by atoms with Gasteiger partial charge in [0.05, 0.1) is 25.4 Å². The highest BCUT2D eigenvalue weighted by molar-refractivity contribution is 14.1. The first kappa shape index (κ1) is 22.2. The van der Waals surface area contributed by atoms with Gasteiger partial charge >= 0.3 is 5.97 Å². The van der Waals surface area contributed by atoms with Crippen LogP contribution in [0.15, 0.2) is 6.07 Å². The van der Waals surface area contributed by atoms with Crippen molar-refractivity contribution in [3.63, 3.8) is 0 Å². The molecule has 1 aromatic rings. The van der Waals surface area contributed by atoms with Crippen molar-refractivity contribution in [2.24, 2.45) is 5.92 Å². The molecule has 2 N–H and O–H groups in total. The average molecular weight is 673 g/mol. The summed E-state index contributed by atoms with van der Waals surface area (Å²) in [6, 6.07) is 1.91. The maximum Gasteiger partial charge on any atom is 0.308 e. The van der Waals surface area contributed by atoms with Crippen molar-refractivity contribution in [3.05, 3.63) is 16.8 Å². The second-order valence-corrected chi connectivity index (χ2v) is 8.40. The minimum atomic E-state index is -0.879. The third-order valence-corrected chi connectivity index (χ3v) is 5.77. The molecule has 0 heterocycles. The number of carboxylic acid groups (broad SMARTS) is 1. The smallest absolute Gasteiger partial charge is 0.308 e. The Bertz CT molecular complexity index is 624. The predicted molar refractivity (Wildman–Crippen MR) is 116 cm³/mol. The summed E-state index contributed by atoms with van der Waals surface area (Å²) in [6.07, 6.45) is -0.112. The fraction of sp³-hybridized carbons (Fsp3) is 0.467. The van der Waals surface area contributed by atoms with Gasteiger partial charge in [-0.2, -0.15) is 0 Å². The summed E-state index contributed by atoms with van der Waals surface area (Å²) in [5.41, 5.74) is 0.697. The predicted octanol–water partition coefficient (Wildman–Crippen LogP) is 4.31. The number of aliphatic carboxylic acids is 1. The number of carboxylic acids is 1. The molecular formula is C15H18I3NO5. The van der Waals surface area contributed by atoms with E-state index in [0.717, 1.165) is 10.7 Å². The number of nitrogens with one attached hydrogen (secondary N) is 1. The zero-order valence-corrected chi connectivity index (χ0v) is 19.8. The van der Waals surface area contributed by atoms with E-state index in [9.17, 15) is 9.59 Å². The minimum Gasteiger partial charge on any atom is -0.481 e. The number of hydrogen-bond acceptors (Lipinski definition) is 4. The van der Waals surface area contributed by atoms with Crippen molar-refractivity contribution in [1.29, 1.82) is 0 Å². The fourth-order valence-electron chi connectivity index (χ4n) is 1.79. The summed E-state index contributed by atoms with van der Waals surface area (Å²) in [4.78, 5) is 22.4. The number of rotatable bonds is 8. The lowest BCUT2D eigenvalue weighted by Crippen LogP contribution is -2.25. The van der Waals surface area contributed by atoms with Crippen LogP contribution in [0.2, 0.25) is 0 Å². The highest BCUT2D eigenvalue weighted by Gasteiger charge is 2.20. The number of anilines is 1. The van der Waals surface area contributed by atoms with Crippen LogP contribution in [0.4, 0.5) is 5.69 Å². The highest BCUT2D eigenvalue weighted by Crippen LogP contribution is 2.37. The Kier molecular flexibility index (Phi) is 9.51. The number of ether oxygens (including phenoxy) is 2. The van der Waals surface area contributed by atoms with Crippen molar-refractivity contribution in [3.8, 4) is 5.75 Å². The molecular weight excluding hydrogens is 655 g/mol. The molecule has 0 fully saturated rings. The van der Waals surface area contributed by atoms with Crippen molar-refractivity contribution < 1.29 is 24.2 Å². The normalized spacial score (nSPS) is 13.2. The molecule has 0 aliphatic rings. The van der Waals surface area contributed by atoms with Crippen LogP contribution in [-0.4, -0.2) is 29.9 Å². The van der Waals surface area contributed by atoms with E-state index in [4.69, 9.17) is 14.6 Å². The van der Waals surface area contributed by atoms with Crippen LogP contribution in [0.25, 0.3) is 0 Å². The Morgan fingerprint density at radius 1 is 1.29 bits per heavy atom. The number of hydrogen-bond donors (Lipinski definition) is 2. The first-order valence-corrected chi connectivity index (χ1v) is 10.4. The molecule has 9 heteroatoms. The van der Waals surface area contributed by atoms with E-state index in [1.54, 1.807) is 13.8 Å². The van der Waals surface area contributed by atoms with E-state index >= 15 is 0 Å². The van der Waals surface area contributed by atoms with Gasteiger partial charge in [-0.15, -0.1) is 0 Å². The van der Waals surface area contributed by atoms with Crippen molar-refractivity contribution in [1.82, 2.24) is 0 Å².